The van der Waals surface area contributed by atoms with E-state index in [2.05, 4.69) is 9.80 Å². The summed E-state index contributed by atoms with van der Waals surface area (Å²) >= 11 is 0. The number of hydrogen-bond acceptors (Lipinski definition) is 5. The zero-order chi connectivity index (χ0) is 18.8. The molecule has 2 heterocycles. The molecule has 5 nitrogen and oxygen atoms in total. The largest absolute Gasteiger partial charge is 0.467 e. The monoisotopic (exact) mass is 370 g/mol. The van der Waals surface area contributed by atoms with Gasteiger partial charge >= 0.3 is 0 Å². The van der Waals surface area contributed by atoms with Crippen LogP contribution in [0.3, 0.4) is 0 Å². The molecule has 0 unspecified atom stereocenters. The number of hydrogen-bond donors (Lipinski definition) is 0. The Hall–Kier alpha value is -2.44. The molecule has 0 spiro atoms. The van der Waals surface area contributed by atoms with Crippen molar-refractivity contribution in [2.45, 2.75) is 20.1 Å². The second-order valence-electron chi connectivity index (χ2n) is 7.03. The molecule has 1 saturated heterocycles. The van der Waals surface area contributed by atoms with Gasteiger partial charge in [0.05, 0.1) is 6.61 Å². The molecule has 27 heavy (non-hydrogen) atoms. The molecule has 0 bridgehead atoms. The van der Waals surface area contributed by atoms with Gasteiger partial charge in [-0.2, -0.15) is 0 Å². The number of benzene rings is 2. The molecule has 2 aliphatic heterocycles. The Morgan fingerprint density at radius 2 is 1.85 bits per heavy atom. The molecule has 6 heteroatoms. The maximum Gasteiger partial charge on any atom is 0.189 e. The van der Waals surface area contributed by atoms with E-state index in [1.165, 1.54) is 6.07 Å². The van der Waals surface area contributed by atoms with Gasteiger partial charge in [0.15, 0.2) is 12.6 Å². The Kier molecular flexibility index (Phi) is 5.09. The van der Waals surface area contributed by atoms with Crippen LogP contribution in [0.1, 0.15) is 28.4 Å². The summed E-state index contributed by atoms with van der Waals surface area (Å²) in [5, 5.41) is 0. The van der Waals surface area contributed by atoms with Gasteiger partial charge in [-0.3, -0.25) is 9.69 Å². The van der Waals surface area contributed by atoms with Crippen LogP contribution in [0, 0.1) is 5.82 Å². The third-order valence-corrected chi connectivity index (χ3v) is 5.16. The lowest BCUT2D eigenvalue weighted by atomic mass is 10.1. The van der Waals surface area contributed by atoms with Crippen molar-refractivity contribution in [2.24, 2.45) is 0 Å². The van der Waals surface area contributed by atoms with E-state index in [0.29, 0.717) is 13.2 Å². The predicted molar refractivity (Wildman–Crippen MR) is 101 cm³/mol. The van der Waals surface area contributed by atoms with Crippen molar-refractivity contribution in [2.75, 3.05) is 37.9 Å². The molecule has 2 aromatic carbocycles. The van der Waals surface area contributed by atoms with E-state index < -0.39 is 0 Å². The predicted octanol–water partition coefficient (Wildman–Crippen LogP) is 3.22. The molecule has 0 aliphatic carbocycles. The van der Waals surface area contributed by atoms with E-state index in [1.54, 1.807) is 13.0 Å². The number of anilines is 1. The number of fused-ring (bicyclic) bond motifs is 1. The minimum Gasteiger partial charge on any atom is -0.467 e. The number of Topliss-reactive ketones (excluding diaryl/α,β-unsaturated/α-hetero) is 1. The lowest BCUT2D eigenvalue weighted by Crippen LogP contribution is -2.46. The first kappa shape index (κ1) is 17.9. The van der Waals surface area contributed by atoms with Crippen molar-refractivity contribution in [3.05, 3.63) is 58.9 Å². The van der Waals surface area contributed by atoms with Gasteiger partial charge in [0.2, 0.25) is 0 Å². The molecular formula is C21H23FN2O3. The van der Waals surface area contributed by atoms with Gasteiger partial charge < -0.3 is 14.4 Å². The van der Waals surface area contributed by atoms with Crippen LogP contribution in [0.25, 0.3) is 0 Å². The van der Waals surface area contributed by atoms with Crippen LogP contribution in [0.15, 0.2) is 36.4 Å². The summed E-state index contributed by atoms with van der Waals surface area (Å²) in [5.41, 5.74) is 3.52. The fourth-order valence-corrected chi connectivity index (χ4v) is 3.69. The molecule has 4 rings (SSSR count). The quantitative estimate of drug-likeness (QED) is 0.773. The van der Waals surface area contributed by atoms with Crippen LogP contribution in [0.2, 0.25) is 0 Å². The van der Waals surface area contributed by atoms with E-state index in [9.17, 15) is 9.18 Å². The van der Waals surface area contributed by atoms with Crippen molar-refractivity contribution in [3.63, 3.8) is 0 Å². The van der Waals surface area contributed by atoms with Gasteiger partial charge in [0.25, 0.3) is 0 Å². The fraction of sp³-hybridized carbons (Fsp3) is 0.381. The average Bonchev–Trinajstić information content (AvgIpc) is 2.68. The SMILES string of the molecule is CC(=O)c1ccc(N2CCN(Cc3cc(F)cc4c3OCOC4)CC2)cc1. The van der Waals surface area contributed by atoms with Crippen LogP contribution in [-0.4, -0.2) is 43.7 Å². The zero-order valence-electron chi connectivity index (χ0n) is 15.4. The Morgan fingerprint density at radius 1 is 1.11 bits per heavy atom. The summed E-state index contributed by atoms with van der Waals surface area (Å²) in [6, 6.07) is 10.8. The molecular weight excluding hydrogens is 347 g/mol. The third-order valence-electron chi connectivity index (χ3n) is 5.16. The van der Waals surface area contributed by atoms with Gasteiger partial charge in [-0.25, -0.2) is 4.39 Å². The van der Waals surface area contributed by atoms with Crippen LogP contribution < -0.4 is 9.64 Å². The van der Waals surface area contributed by atoms with Gasteiger partial charge in [0.1, 0.15) is 11.6 Å². The fourth-order valence-electron chi connectivity index (χ4n) is 3.69. The number of carbonyl (C=O) groups excluding carboxylic acids is 1. The zero-order valence-corrected chi connectivity index (χ0v) is 15.4. The van der Waals surface area contributed by atoms with E-state index in [4.69, 9.17) is 9.47 Å². The van der Waals surface area contributed by atoms with Gasteiger partial charge in [-0.15, -0.1) is 0 Å². The van der Waals surface area contributed by atoms with Gasteiger partial charge in [-0.05, 0) is 43.3 Å². The lowest BCUT2D eigenvalue weighted by molar-refractivity contribution is -0.0177. The molecule has 0 atom stereocenters. The standard InChI is InChI=1S/C21H23FN2O3/c1-15(25)16-2-4-20(5-3-16)24-8-6-23(7-9-24)12-17-10-19(22)11-18-13-26-14-27-21(17)18/h2-5,10-11H,6-9,12-14H2,1H3. The molecule has 142 valence electrons. The summed E-state index contributed by atoms with van der Waals surface area (Å²) in [6.07, 6.45) is 0. The lowest BCUT2D eigenvalue weighted by Gasteiger charge is -2.36. The molecule has 0 saturated carbocycles. The van der Waals surface area contributed by atoms with Crippen LogP contribution in [-0.2, 0) is 17.9 Å². The minimum atomic E-state index is -0.248. The second kappa shape index (κ2) is 7.66. The van der Waals surface area contributed by atoms with E-state index in [0.717, 1.165) is 54.3 Å². The van der Waals surface area contributed by atoms with Crippen molar-refractivity contribution in [3.8, 4) is 5.75 Å². The Labute approximate surface area is 158 Å². The van der Waals surface area contributed by atoms with Gasteiger partial charge in [-0.1, -0.05) is 0 Å². The normalized spacial score (nSPS) is 17.3. The molecule has 0 radical (unpaired) electrons. The number of ether oxygens (including phenoxy) is 2. The molecule has 2 aromatic rings. The first-order valence-electron chi connectivity index (χ1n) is 9.20. The molecule has 0 N–H and O–H groups in total. The highest BCUT2D eigenvalue weighted by Gasteiger charge is 2.22. The number of nitrogens with zero attached hydrogens (tertiary/aromatic N) is 2. The number of carbonyl (C=O) groups is 1. The number of ketones is 1. The molecule has 2 aliphatic rings. The summed E-state index contributed by atoms with van der Waals surface area (Å²) in [5.74, 6) is 0.601. The third kappa shape index (κ3) is 3.96. The number of piperazine rings is 1. The van der Waals surface area contributed by atoms with Crippen molar-refractivity contribution in [1.29, 1.82) is 0 Å². The minimum absolute atomic E-state index is 0.0809. The summed E-state index contributed by atoms with van der Waals surface area (Å²) < 4.78 is 24.8. The van der Waals surface area contributed by atoms with E-state index in [-0.39, 0.29) is 18.4 Å². The topological polar surface area (TPSA) is 42.0 Å². The van der Waals surface area contributed by atoms with Crippen LogP contribution in [0.5, 0.6) is 5.75 Å². The summed E-state index contributed by atoms with van der Waals surface area (Å²) in [7, 11) is 0. The van der Waals surface area contributed by atoms with Crippen molar-refractivity contribution in [1.82, 2.24) is 4.90 Å². The van der Waals surface area contributed by atoms with Crippen molar-refractivity contribution < 1.29 is 18.7 Å². The highest BCUT2D eigenvalue weighted by atomic mass is 19.1. The maximum absolute atomic E-state index is 13.9. The smallest absolute Gasteiger partial charge is 0.189 e. The van der Waals surface area contributed by atoms with E-state index in [1.807, 2.05) is 24.3 Å². The van der Waals surface area contributed by atoms with Gasteiger partial charge in [0, 0.05) is 55.1 Å². The van der Waals surface area contributed by atoms with Crippen LogP contribution in [0.4, 0.5) is 10.1 Å². The summed E-state index contributed by atoms with van der Waals surface area (Å²) in [4.78, 5) is 16.0. The maximum atomic E-state index is 13.9. The molecule has 0 amide bonds. The highest BCUT2D eigenvalue weighted by Crippen LogP contribution is 2.30. The number of rotatable bonds is 4. The molecule has 0 aromatic heterocycles. The average molecular weight is 370 g/mol. The second-order valence-corrected chi connectivity index (χ2v) is 7.03. The van der Waals surface area contributed by atoms with Crippen molar-refractivity contribution >= 4 is 11.5 Å². The Morgan fingerprint density at radius 3 is 2.56 bits per heavy atom. The van der Waals surface area contributed by atoms with E-state index >= 15 is 0 Å². The summed E-state index contributed by atoms with van der Waals surface area (Å²) in [6.45, 7) is 6.40. The Balaban J connectivity index is 1.40. The highest BCUT2D eigenvalue weighted by molar-refractivity contribution is 5.94. The first-order chi connectivity index (χ1) is 13.1. The van der Waals surface area contributed by atoms with Crippen LogP contribution >= 0.6 is 0 Å². The number of halogens is 1. The Bertz CT molecular complexity index is 830. The molecule has 1 fully saturated rings. The first-order valence-corrected chi connectivity index (χ1v) is 9.20.